The smallest absolute Gasteiger partial charge is 0.251 e. The third-order valence-corrected chi connectivity index (χ3v) is 3.57. The minimum atomic E-state index is -0.192. The molecule has 0 unspecified atom stereocenters. The van der Waals surface area contributed by atoms with E-state index in [1.807, 2.05) is 38.1 Å². The fraction of sp³-hybridized carbons (Fsp3) is 0.222. The zero-order valence-electron chi connectivity index (χ0n) is 14.1. The van der Waals surface area contributed by atoms with Crippen LogP contribution in [0, 0.1) is 6.92 Å². The number of pyridine rings is 1. The van der Waals surface area contributed by atoms with Crippen molar-refractivity contribution in [1.82, 2.24) is 25.1 Å². The van der Waals surface area contributed by atoms with Gasteiger partial charge in [0.15, 0.2) is 5.82 Å². The van der Waals surface area contributed by atoms with Gasteiger partial charge in [0.05, 0.1) is 6.54 Å². The van der Waals surface area contributed by atoms with Crippen molar-refractivity contribution in [3.8, 4) is 11.6 Å². The maximum atomic E-state index is 12.3. The van der Waals surface area contributed by atoms with Crippen molar-refractivity contribution < 1.29 is 9.53 Å². The first kappa shape index (κ1) is 16.6. The van der Waals surface area contributed by atoms with Crippen LogP contribution in [0.1, 0.15) is 22.8 Å². The molecule has 7 heteroatoms. The van der Waals surface area contributed by atoms with E-state index in [2.05, 4.69) is 20.4 Å². The van der Waals surface area contributed by atoms with Crippen molar-refractivity contribution in [3.63, 3.8) is 0 Å². The summed E-state index contributed by atoms with van der Waals surface area (Å²) in [5.74, 6) is 1.13. The number of carbonyl (C=O) groups is 1. The van der Waals surface area contributed by atoms with Crippen molar-refractivity contribution in [2.75, 3.05) is 6.54 Å². The predicted molar refractivity (Wildman–Crippen MR) is 92.8 cm³/mol. The maximum absolute atomic E-state index is 12.3. The molecule has 3 rings (SSSR count). The van der Waals surface area contributed by atoms with E-state index in [0.29, 0.717) is 17.9 Å². The Hall–Kier alpha value is -3.22. The van der Waals surface area contributed by atoms with E-state index in [0.717, 1.165) is 5.75 Å². The van der Waals surface area contributed by atoms with Crippen molar-refractivity contribution in [2.45, 2.75) is 20.0 Å². The zero-order valence-corrected chi connectivity index (χ0v) is 14.1. The number of hydrogen-bond acceptors (Lipinski definition) is 5. The quantitative estimate of drug-likeness (QED) is 0.745. The van der Waals surface area contributed by atoms with Crippen LogP contribution in [0.3, 0.4) is 0 Å². The molecule has 0 bridgehead atoms. The number of nitrogens with one attached hydrogen (secondary N) is 1. The molecule has 0 saturated carbocycles. The Morgan fingerprint density at radius 1 is 1.28 bits per heavy atom. The standard InChI is InChI=1S/C18H19N5O2/c1-13-3-5-16(6-4-13)25-14(2)10-21-18(24)15-7-8-20-17(9-15)23-12-19-11-22-23/h3-9,11-12,14H,10H2,1-2H3,(H,21,24)/t14-/m0/s1. The average Bonchev–Trinajstić information content (AvgIpc) is 3.16. The highest BCUT2D eigenvalue weighted by atomic mass is 16.5. The zero-order chi connectivity index (χ0) is 17.6. The van der Waals surface area contributed by atoms with Crippen molar-refractivity contribution >= 4 is 5.91 Å². The topological polar surface area (TPSA) is 81.9 Å². The molecule has 0 spiro atoms. The van der Waals surface area contributed by atoms with Gasteiger partial charge in [-0.15, -0.1) is 0 Å². The van der Waals surface area contributed by atoms with E-state index in [1.165, 1.54) is 22.9 Å². The van der Waals surface area contributed by atoms with Crippen LogP contribution in [0.15, 0.2) is 55.2 Å². The summed E-state index contributed by atoms with van der Waals surface area (Å²) in [6.07, 6.45) is 4.36. The molecule has 1 N–H and O–H groups in total. The minimum Gasteiger partial charge on any atom is -0.489 e. The summed E-state index contributed by atoms with van der Waals surface area (Å²) in [6, 6.07) is 11.1. The van der Waals surface area contributed by atoms with E-state index in [-0.39, 0.29) is 12.0 Å². The lowest BCUT2D eigenvalue weighted by Gasteiger charge is -2.15. The molecule has 128 valence electrons. The highest BCUT2D eigenvalue weighted by Crippen LogP contribution is 2.13. The molecule has 0 aliphatic heterocycles. The lowest BCUT2D eigenvalue weighted by molar-refractivity contribution is 0.0932. The molecule has 7 nitrogen and oxygen atoms in total. The molecule has 0 fully saturated rings. The average molecular weight is 337 g/mol. The molecule has 1 aromatic carbocycles. The number of benzene rings is 1. The molecular weight excluding hydrogens is 318 g/mol. The lowest BCUT2D eigenvalue weighted by atomic mass is 10.2. The number of rotatable bonds is 6. The summed E-state index contributed by atoms with van der Waals surface area (Å²) in [7, 11) is 0. The summed E-state index contributed by atoms with van der Waals surface area (Å²) < 4.78 is 7.29. The summed E-state index contributed by atoms with van der Waals surface area (Å²) in [5, 5.41) is 6.87. The highest BCUT2D eigenvalue weighted by molar-refractivity contribution is 5.94. The van der Waals surface area contributed by atoms with Crippen LogP contribution >= 0.6 is 0 Å². The van der Waals surface area contributed by atoms with Crippen LogP contribution in [0.25, 0.3) is 5.82 Å². The molecule has 1 amide bonds. The van der Waals surface area contributed by atoms with Gasteiger partial charge in [-0.25, -0.2) is 14.6 Å². The lowest BCUT2D eigenvalue weighted by Crippen LogP contribution is -2.33. The van der Waals surface area contributed by atoms with Gasteiger partial charge in [0, 0.05) is 11.8 Å². The van der Waals surface area contributed by atoms with Crippen LogP contribution in [-0.4, -0.2) is 38.3 Å². The number of aromatic nitrogens is 4. The fourth-order valence-electron chi connectivity index (χ4n) is 2.24. The summed E-state index contributed by atoms with van der Waals surface area (Å²) in [5.41, 5.74) is 1.68. The van der Waals surface area contributed by atoms with Crippen LogP contribution in [0.5, 0.6) is 5.75 Å². The van der Waals surface area contributed by atoms with E-state index in [1.54, 1.807) is 18.3 Å². The first-order chi connectivity index (χ1) is 12.1. The summed E-state index contributed by atoms with van der Waals surface area (Å²) in [4.78, 5) is 20.4. The Morgan fingerprint density at radius 2 is 2.08 bits per heavy atom. The second kappa shape index (κ2) is 7.57. The highest BCUT2D eigenvalue weighted by Gasteiger charge is 2.11. The van der Waals surface area contributed by atoms with Gasteiger partial charge < -0.3 is 10.1 Å². The molecule has 2 aromatic heterocycles. The van der Waals surface area contributed by atoms with Gasteiger partial charge in [-0.1, -0.05) is 17.7 Å². The third kappa shape index (κ3) is 4.41. The largest absolute Gasteiger partial charge is 0.489 e. The number of amides is 1. The molecule has 0 radical (unpaired) electrons. The SMILES string of the molecule is Cc1ccc(O[C@@H](C)CNC(=O)c2ccnc(-n3cncn3)c2)cc1. The van der Waals surface area contributed by atoms with Crippen molar-refractivity contribution in [2.24, 2.45) is 0 Å². The Morgan fingerprint density at radius 3 is 2.80 bits per heavy atom. The first-order valence-corrected chi connectivity index (χ1v) is 7.94. The minimum absolute atomic E-state index is 0.150. The van der Waals surface area contributed by atoms with E-state index in [9.17, 15) is 4.79 Å². The Balaban J connectivity index is 1.57. The first-order valence-electron chi connectivity index (χ1n) is 7.94. The molecule has 2 heterocycles. The summed E-state index contributed by atoms with van der Waals surface area (Å²) in [6.45, 7) is 4.33. The van der Waals surface area contributed by atoms with Gasteiger partial charge in [0.25, 0.3) is 5.91 Å². The molecule has 0 saturated heterocycles. The van der Waals surface area contributed by atoms with Crippen molar-refractivity contribution in [1.29, 1.82) is 0 Å². The second-order valence-corrected chi connectivity index (χ2v) is 5.69. The molecule has 0 aliphatic carbocycles. The number of nitrogens with zero attached hydrogens (tertiary/aromatic N) is 4. The number of hydrogen-bond donors (Lipinski definition) is 1. The number of carbonyl (C=O) groups excluding carboxylic acids is 1. The van der Waals surface area contributed by atoms with Crippen LogP contribution < -0.4 is 10.1 Å². The number of ether oxygens (including phenoxy) is 1. The Bertz CT molecular complexity index is 831. The van der Waals surface area contributed by atoms with Crippen LogP contribution in [0.4, 0.5) is 0 Å². The normalized spacial score (nSPS) is 11.8. The van der Waals surface area contributed by atoms with Crippen LogP contribution in [0.2, 0.25) is 0 Å². The molecular formula is C18H19N5O2. The predicted octanol–water partition coefficient (Wildman–Crippen LogP) is 2.17. The van der Waals surface area contributed by atoms with E-state index < -0.39 is 0 Å². The molecule has 3 aromatic rings. The maximum Gasteiger partial charge on any atom is 0.251 e. The van der Waals surface area contributed by atoms with Gasteiger partial charge in [0.2, 0.25) is 0 Å². The van der Waals surface area contributed by atoms with Crippen molar-refractivity contribution in [3.05, 3.63) is 66.4 Å². The molecule has 0 aliphatic rings. The Labute approximate surface area is 145 Å². The monoisotopic (exact) mass is 337 g/mol. The Kier molecular flexibility index (Phi) is 5.03. The fourth-order valence-corrected chi connectivity index (χ4v) is 2.24. The van der Waals surface area contributed by atoms with Gasteiger partial charge in [-0.05, 0) is 38.1 Å². The van der Waals surface area contributed by atoms with Gasteiger partial charge >= 0.3 is 0 Å². The van der Waals surface area contributed by atoms with E-state index in [4.69, 9.17) is 4.74 Å². The number of aryl methyl sites for hydroxylation is 1. The summed E-state index contributed by atoms with van der Waals surface area (Å²) >= 11 is 0. The molecule has 25 heavy (non-hydrogen) atoms. The third-order valence-electron chi connectivity index (χ3n) is 3.57. The van der Waals surface area contributed by atoms with Gasteiger partial charge in [-0.3, -0.25) is 4.79 Å². The van der Waals surface area contributed by atoms with Gasteiger partial charge in [-0.2, -0.15) is 5.10 Å². The van der Waals surface area contributed by atoms with Gasteiger partial charge in [0.1, 0.15) is 24.5 Å². The van der Waals surface area contributed by atoms with Crippen LogP contribution in [-0.2, 0) is 0 Å². The second-order valence-electron chi connectivity index (χ2n) is 5.69. The molecule has 1 atom stereocenters. The van der Waals surface area contributed by atoms with E-state index >= 15 is 0 Å².